The maximum absolute atomic E-state index is 12.2. The van der Waals surface area contributed by atoms with Crippen LogP contribution in [-0.4, -0.2) is 17.0 Å². The molecule has 22 heavy (non-hydrogen) atoms. The van der Waals surface area contributed by atoms with E-state index in [9.17, 15) is 9.59 Å². The number of aryl methyl sites for hydroxylation is 1. The number of benzene rings is 2. The number of rotatable bonds is 6. The summed E-state index contributed by atoms with van der Waals surface area (Å²) in [6, 6.07) is 13.7. The number of amides is 1. The number of unbranched alkanes of at least 4 members (excludes halogenated alkanes) is 1. The summed E-state index contributed by atoms with van der Waals surface area (Å²) in [5.41, 5.74) is 2.39. The summed E-state index contributed by atoms with van der Waals surface area (Å²) in [7, 11) is 0. The zero-order valence-electron chi connectivity index (χ0n) is 12.5. The highest BCUT2D eigenvalue weighted by molar-refractivity contribution is 6.04. The van der Waals surface area contributed by atoms with Crippen molar-refractivity contribution in [3.63, 3.8) is 0 Å². The molecule has 0 aliphatic carbocycles. The molecule has 0 aliphatic rings. The predicted molar refractivity (Wildman–Crippen MR) is 86.4 cm³/mol. The predicted octanol–water partition coefficient (Wildman–Crippen LogP) is 3.98. The average molecular weight is 297 g/mol. The molecule has 0 atom stereocenters. The Balaban J connectivity index is 2.05. The lowest BCUT2D eigenvalue weighted by Gasteiger charge is -2.07. The molecular formula is C18H19NO3. The van der Waals surface area contributed by atoms with Crippen LogP contribution >= 0.6 is 0 Å². The molecule has 1 amide bonds. The molecule has 4 nitrogen and oxygen atoms in total. The van der Waals surface area contributed by atoms with Crippen molar-refractivity contribution < 1.29 is 14.7 Å². The van der Waals surface area contributed by atoms with Crippen LogP contribution in [0.15, 0.2) is 48.5 Å². The van der Waals surface area contributed by atoms with Crippen LogP contribution in [0.5, 0.6) is 0 Å². The minimum Gasteiger partial charge on any atom is -0.478 e. The zero-order valence-corrected chi connectivity index (χ0v) is 12.5. The lowest BCUT2D eigenvalue weighted by molar-refractivity contribution is 0.0696. The van der Waals surface area contributed by atoms with Crippen molar-refractivity contribution in [3.8, 4) is 0 Å². The van der Waals surface area contributed by atoms with Gasteiger partial charge in [0, 0.05) is 11.3 Å². The molecule has 2 aromatic carbocycles. The summed E-state index contributed by atoms with van der Waals surface area (Å²) in [6.45, 7) is 2.15. The van der Waals surface area contributed by atoms with Crippen LogP contribution < -0.4 is 5.32 Å². The van der Waals surface area contributed by atoms with Crippen molar-refractivity contribution in [2.75, 3.05) is 5.32 Å². The van der Waals surface area contributed by atoms with Crippen LogP contribution in [-0.2, 0) is 6.42 Å². The van der Waals surface area contributed by atoms with E-state index in [1.165, 1.54) is 17.7 Å². The molecule has 0 radical (unpaired) electrons. The van der Waals surface area contributed by atoms with Crippen LogP contribution in [0, 0.1) is 0 Å². The van der Waals surface area contributed by atoms with E-state index < -0.39 is 5.97 Å². The smallest absolute Gasteiger partial charge is 0.335 e. The Morgan fingerprint density at radius 2 is 1.77 bits per heavy atom. The molecule has 4 heteroatoms. The molecule has 0 bridgehead atoms. The van der Waals surface area contributed by atoms with Crippen molar-refractivity contribution >= 4 is 17.6 Å². The van der Waals surface area contributed by atoms with Gasteiger partial charge in [-0.25, -0.2) is 4.79 Å². The quantitative estimate of drug-likeness (QED) is 0.847. The second-order valence-electron chi connectivity index (χ2n) is 5.14. The summed E-state index contributed by atoms with van der Waals surface area (Å²) < 4.78 is 0. The minimum absolute atomic E-state index is 0.146. The lowest BCUT2D eigenvalue weighted by atomic mass is 10.1. The molecule has 2 aromatic rings. The fourth-order valence-corrected chi connectivity index (χ4v) is 2.14. The molecule has 0 spiro atoms. The third-order valence-corrected chi connectivity index (χ3v) is 3.40. The van der Waals surface area contributed by atoms with Gasteiger partial charge in [0.15, 0.2) is 0 Å². The summed E-state index contributed by atoms with van der Waals surface area (Å²) in [5, 5.41) is 11.7. The van der Waals surface area contributed by atoms with Crippen molar-refractivity contribution in [3.05, 3.63) is 65.2 Å². The highest BCUT2D eigenvalue weighted by atomic mass is 16.4. The first kappa shape index (κ1) is 15.8. The Morgan fingerprint density at radius 1 is 1.05 bits per heavy atom. The van der Waals surface area contributed by atoms with Gasteiger partial charge in [0.2, 0.25) is 0 Å². The third kappa shape index (κ3) is 4.19. The van der Waals surface area contributed by atoms with Gasteiger partial charge >= 0.3 is 5.97 Å². The number of carbonyl (C=O) groups is 2. The normalized spacial score (nSPS) is 10.2. The lowest BCUT2D eigenvalue weighted by Crippen LogP contribution is -2.12. The number of hydrogen-bond acceptors (Lipinski definition) is 2. The second-order valence-corrected chi connectivity index (χ2v) is 5.14. The maximum Gasteiger partial charge on any atom is 0.335 e. The molecule has 0 unspecified atom stereocenters. The van der Waals surface area contributed by atoms with Gasteiger partial charge in [0.05, 0.1) is 5.56 Å². The van der Waals surface area contributed by atoms with Crippen molar-refractivity contribution in [2.24, 2.45) is 0 Å². The number of nitrogens with one attached hydrogen (secondary N) is 1. The summed E-state index contributed by atoms with van der Waals surface area (Å²) >= 11 is 0. The Morgan fingerprint density at radius 3 is 2.41 bits per heavy atom. The van der Waals surface area contributed by atoms with Gasteiger partial charge in [-0.05, 0) is 48.7 Å². The molecule has 2 N–H and O–H groups in total. The first-order valence-corrected chi connectivity index (χ1v) is 7.34. The first-order chi connectivity index (χ1) is 10.6. The fourth-order valence-electron chi connectivity index (χ4n) is 2.14. The molecule has 0 heterocycles. The minimum atomic E-state index is -1.02. The van der Waals surface area contributed by atoms with Crippen LogP contribution in [0.3, 0.4) is 0 Å². The van der Waals surface area contributed by atoms with Crippen LogP contribution in [0.2, 0.25) is 0 Å². The zero-order chi connectivity index (χ0) is 15.9. The van der Waals surface area contributed by atoms with Gasteiger partial charge in [-0.2, -0.15) is 0 Å². The molecule has 0 aliphatic heterocycles. The number of carboxylic acids is 1. The average Bonchev–Trinajstić information content (AvgIpc) is 2.53. The van der Waals surface area contributed by atoms with Gasteiger partial charge in [0.25, 0.3) is 5.91 Å². The number of carboxylic acid groups (broad SMARTS) is 1. The summed E-state index contributed by atoms with van der Waals surface area (Å²) in [4.78, 5) is 23.1. The first-order valence-electron chi connectivity index (χ1n) is 7.34. The Hall–Kier alpha value is -2.62. The maximum atomic E-state index is 12.2. The SMILES string of the molecule is CCCCc1ccc(C(=O)Nc2cccc(C(=O)O)c2)cc1. The highest BCUT2D eigenvalue weighted by Crippen LogP contribution is 2.13. The van der Waals surface area contributed by atoms with Gasteiger partial charge in [-0.3, -0.25) is 4.79 Å². The van der Waals surface area contributed by atoms with E-state index in [2.05, 4.69) is 12.2 Å². The van der Waals surface area contributed by atoms with Crippen LogP contribution in [0.25, 0.3) is 0 Å². The van der Waals surface area contributed by atoms with Gasteiger partial charge in [-0.15, -0.1) is 0 Å². The molecule has 114 valence electrons. The largest absolute Gasteiger partial charge is 0.478 e. The van der Waals surface area contributed by atoms with E-state index in [1.54, 1.807) is 24.3 Å². The molecule has 0 saturated carbocycles. The molecular weight excluding hydrogens is 278 g/mol. The van der Waals surface area contributed by atoms with E-state index in [0.29, 0.717) is 11.3 Å². The number of anilines is 1. The third-order valence-electron chi connectivity index (χ3n) is 3.40. The van der Waals surface area contributed by atoms with Gasteiger partial charge < -0.3 is 10.4 Å². The number of carbonyl (C=O) groups excluding carboxylic acids is 1. The molecule has 0 saturated heterocycles. The number of aromatic carboxylic acids is 1. The van der Waals surface area contributed by atoms with E-state index in [-0.39, 0.29) is 11.5 Å². The van der Waals surface area contributed by atoms with E-state index >= 15 is 0 Å². The van der Waals surface area contributed by atoms with Crippen LogP contribution in [0.1, 0.15) is 46.0 Å². The van der Waals surface area contributed by atoms with Gasteiger partial charge in [-0.1, -0.05) is 31.5 Å². The topological polar surface area (TPSA) is 66.4 Å². The number of hydrogen-bond donors (Lipinski definition) is 2. The second kappa shape index (κ2) is 7.41. The van der Waals surface area contributed by atoms with Crippen molar-refractivity contribution in [1.29, 1.82) is 0 Å². The van der Waals surface area contributed by atoms with Gasteiger partial charge in [0.1, 0.15) is 0 Å². The van der Waals surface area contributed by atoms with E-state index in [0.717, 1.165) is 19.3 Å². The standard InChI is InChI=1S/C18H19NO3/c1-2-3-5-13-8-10-14(11-9-13)17(20)19-16-7-4-6-15(12-16)18(21)22/h4,6-12H,2-3,5H2,1H3,(H,19,20)(H,21,22). The molecule has 0 aromatic heterocycles. The van der Waals surface area contributed by atoms with E-state index in [1.807, 2.05) is 12.1 Å². The molecule has 0 fully saturated rings. The fraction of sp³-hybridized carbons (Fsp3) is 0.222. The van der Waals surface area contributed by atoms with Crippen molar-refractivity contribution in [1.82, 2.24) is 0 Å². The summed E-state index contributed by atoms with van der Waals surface area (Å²) in [6.07, 6.45) is 3.29. The van der Waals surface area contributed by atoms with Crippen LogP contribution in [0.4, 0.5) is 5.69 Å². The van der Waals surface area contributed by atoms with E-state index in [4.69, 9.17) is 5.11 Å². The summed E-state index contributed by atoms with van der Waals surface area (Å²) in [5.74, 6) is -1.26. The Labute approximate surface area is 129 Å². The molecule has 2 rings (SSSR count). The van der Waals surface area contributed by atoms with Crippen molar-refractivity contribution in [2.45, 2.75) is 26.2 Å². The monoisotopic (exact) mass is 297 g/mol. The highest BCUT2D eigenvalue weighted by Gasteiger charge is 2.08. The Kier molecular flexibility index (Phi) is 5.31. The Bertz CT molecular complexity index is 662.